The van der Waals surface area contributed by atoms with E-state index in [1.807, 2.05) is 6.07 Å². The molecule has 0 radical (unpaired) electrons. The maximum Gasteiger partial charge on any atom is 0.355 e. The highest BCUT2D eigenvalue weighted by molar-refractivity contribution is 5.89. The van der Waals surface area contributed by atoms with Gasteiger partial charge < -0.3 is 15.0 Å². The molecule has 0 bridgehead atoms. The fourth-order valence-electron chi connectivity index (χ4n) is 1.28. The molecule has 1 aliphatic rings. The predicted octanol–water partition coefficient (Wildman–Crippen LogP) is 0.563. The molecule has 16 heavy (non-hydrogen) atoms. The Hall–Kier alpha value is -2.31. The highest BCUT2D eigenvalue weighted by Crippen LogP contribution is 2.08. The number of aromatic nitrogens is 1. The van der Waals surface area contributed by atoms with E-state index in [0.29, 0.717) is 5.82 Å². The van der Waals surface area contributed by atoms with Crippen LogP contribution in [0.3, 0.4) is 0 Å². The SMILES string of the molecule is O=[N+]([O-])C1=NCN=CN(c2ccccn2)C1. The van der Waals surface area contributed by atoms with Crippen molar-refractivity contribution in [1.29, 1.82) is 0 Å². The quantitative estimate of drug-likeness (QED) is 0.510. The molecule has 2 rings (SSSR count). The zero-order valence-corrected chi connectivity index (χ0v) is 8.35. The van der Waals surface area contributed by atoms with Crippen LogP contribution in [0, 0.1) is 10.1 Å². The lowest BCUT2D eigenvalue weighted by atomic mass is 10.4. The first kappa shape index (κ1) is 10.2. The van der Waals surface area contributed by atoms with Gasteiger partial charge in [-0.1, -0.05) is 11.1 Å². The fraction of sp³-hybridized carbons (Fsp3) is 0.222. The summed E-state index contributed by atoms with van der Waals surface area (Å²) in [6, 6.07) is 5.35. The molecule has 0 fully saturated rings. The number of nitrogens with zero attached hydrogens (tertiary/aromatic N) is 5. The highest BCUT2D eigenvalue weighted by atomic mass is 16.6. The van der Waals surface area contributed by atoms with Crippen molar-refractivity contribution < 1.29 is 4.92 Å². The number of nitro groups is 1. The van der Waals surface area contributed by atoms with Gasteiger partial charge in [0.1, 0.15) is 12.4 Å². The van der Waals surface area contributed by atoms with E-state index in [2.05, 4.69) is 15.0 Å². The van der Waals surface area contributed by atoms with Crippen molar-refractivity contribution >= 4 is 18.0 Å². The van der Waals surface area contributed by atoms with E-state index in [1.54, 1.807) is 23.2 Å². The molecule has 1 aromatic rings. The zero-order chi connectivity index (χ0) is 11.4. The summed E-state index contributed by atoms with van der Waals surface area (Å²) in [5, 5.41) is 10.7. The minimum Gasteiger partial charge on any atom is -0.358 e. The van der Waals surface area contributed by atoms with Gasteiger partial charge in [0.25, 0.3) is 0 Å². The van der Waals surface area contributed by atoms with Crippen LogP contribution in [-0.4, -0.2) is 35.3 Å². The van der Waals surface area contributed by atoms with Crippen LogP contribution >= 0.6 is 0 Å². The Labute approximate surface area is 91.3 Å². The van der Waals surface area contributed by atoms with Gasteiger partial charge >= 0.3 is 5.84 Å². The number of hydrogen-bond donors (Lipinski definition) is 0. The third kappa shape index (κ3) is 2.19. The van der Waals surface area contributed by atoms with E-state index in [9.17, 15) is 10.1 Å². The topological polar surface area (TPSA) is 84.0 Å². The van der Waals surface area contributed by atoms with Gasteiger partial charge in [-0.05, 0) is 17.1 Å². The Morgan fingerprint density at radius 3 is 3.00 bits per heavy atom. The van der Waals surface area contributed by atoms with Gasteiger partial charge in [0, 0.05) is 6.20 Å². The zero-order valence-electron chi connectivity index (χ0n) is 8.35. The number of rotatable bonds is 1. The van der Waals surface area contributed by atoms with Crippen molar-refractivity contribution in [1.82, 2.24) is 4.98 Å². The molecule has 82 valence electrons. The molecular weight excluding hydrogens is 210 g/mol. The summed E-state index contributed by atoms with van der Waals surface area (Å²) in [6.45, 7) is 0.160. The minimum absolute atomic E-state index is 0.0769. The van der Waals surface area contributed by atoms with Crippen molar-refractivity contribution in [2.45, 2.75) is 0 Å². The van der Waals surface area contributed by atoms with Gasteiger partial charge in [-0.15, -0.1) is 0 Å². The third-order valence-corrected chi connectivity index (χ3v) is 2.02. The predicted molar refractivity (Wildman–Crippen MR) is 59.4 cm³/mol. The van der Waals surface area contributed by atoms with E-state index >= 15 is 0 Å². The van der Waals surface area contributed by atoms with Crippen LogP contribution in [0.5, 0.6) is 0 Å². The van der Waals surface area contributed by atoms with Gasteiger partial charge in [0.15, 0.2) is 0 Å². The number of hydrogen-bond acceptors (Lipinski definition) is 6. The summed E-state index contributed by atoms with van der Waals surface area (Å²) in [5.74, 6) is 0.505. The lowest BCUT2D eigenvalue weighted by Crippen LogP contribution is -2.31. The van der Waals surface area contributed by atoms with Gasteiger partial charge in [-0.3, -0.25) is 0 Å². The molecular formula is C9H9N5O2. The summed E-state index contributed by atoms with van der Waals surface area (Å²) in [4.78, 5) is 23.5. The number of amidine groups is 1. The van der Waals surface area contributed by atoms with E-state index < -0.39 is 4.92 Å². The monoisotopic (exact) mass is 219 g/mol. The van der Waals surface area contributed by atoms with Crippen molar-refractivity contribution in [3.63, 3.8) is 0 Å². The van der Waals surface area contributed by atoms with Crippen LogP contribution in [0.4, 0.5) is 5.82 Å². The Morgan fingerprint density at radius 1 is 1.44 bits per heavy atom. The lowest BCUT2D eigenvalue weighted by molar-refractivity contribution is -0.351. The van der Waals surface area contributed by atoms with Crippen LogP contribution in [0.2, 0.25) is 0 Å². The summed E-state index contributed by atoms with van der Waals surface area (Å²) < 4.78 is 0. The first-order valence-electron chi connectivity index (χ1n) is 4.63. The van der Waals surface area contributed by atoms with E-state index in [0.717, 1.165) is 0 Å². The average molecular weight is 219 g/mol. The maximum absolute atomic E-state index is 10.7. The molecule has 0 amide bonds. The lowest BCUT2D eigenvalue weighted by Gasteiger charge is -2.14. The maximum atomic E-state index is 10.7. The highest BCUT2D eigenvalue weighted by Gasteiger charge is 2.19. The standard InChI is InChI=1S/C9H9N5O2/c15-14(16)9-5-13(7-10-6-12-9)8-3-1-2-4-11-8/h1-4,7H,5-6H2. The molecule has 7 nitrogen and oxygen atoms in total. The van der Waals surface area contributed by atoms with E-state index in [1.165, 1.54) is 6.34 Å². The first-order chi connectivity index (χ1) is 7.77. The Bertz CT molecular complexity index is 442. The smallest absolute Gasteiger partial charge is 0.355 e. The molecule has 0 unspecified atom stereocenters. The largest absolute Gasteiger partial charge is 0.358 e. The average Bonchev–Trinajstić information content (AvgIpc) is 2.56. The molecule has 1 aromatic heterocycles. The molecule has 2 heterocycles. The normalized spacial score (nSPS) is 15.5. The number of pyridine rings is 1. The van der Waals surface area contributed by atoms with Crippen LogP contribution in [0.25, 0.3) is 0 Å². The number of anilines is 1. The van der Waals surface area contributed by atoms with Crippen molar-refractivity contribution in [2.75, 3.05) is 18.1 Å². The molecule has 7 heteroatoms. The first-order valence-corrected chi connectivity index (χ1v) is 4.63. The molecule has 0 spiro atoms. The van der Waals surface area contributed by atoms with Gasteiger partial charge in [-0.2, -0.15) is 0 Å². The number of aliphatic imine (C=N–C) groups is 2. The third-order valence-electron chi connectivity index (χ3n) is 2.02. The second kappa shape index (κ2) is 4.47. The van der Waals surface area contributed by atoms with Gasteiger partial charge in [0.2, 0.25) is 6.67 Å². The second-order valence-electron chi connectivity index (χ2n) is 3.09. The Morgan fingerprint density at radius 2 is 2.31 bits per heavy atom. The van der Waals surface area contributed by atoms with Gasteiger partial charge in [0.05, 0.1) is 6.34 Å². The molecule has 0 saturated carbocycles. The summed E-state index contributed by atoms with van der Waals surface area (Å²) in [6.07, 6.45) is 3.14. The summed E-state index contributed by atoms with van der Waals surface area (Å²) >= 11 is 0. The molecule has 0 N–H and O–H groups in total. The van der Waals surface area contributed by atoms with E-state index in [-0.39, 0.29) is 19.0 Å². The molecule has 0 saturated heterocycles. The van der Waals surface area contributed by atoms with Crippen LogP contribution in [0.1, 0.15) is 0 Å². The van der Waals surface area contributed by atoms with Crippen molar-refractivity contribution in [3.05, 3.63) is 34.5 Å². The fourth-order valence-corrected chi connectivity index (χ4v) is 1.28. The molecule has 0 aromatic carbocycles. The minimum atomic E-state index is -0.495. The molecule has 1 aliphatic heterocycles. The Kier molecular flexibility index (Phi) is 2.86. The molecule has 0 aliphatic carbocycles. The van der Waals surface area contributed by atoms with Crippen molar-refractivity contribution in [3.8, 4) is 0 Å². The second-order valence-corrected chi connectivity index (χ2v) is 3.09. The van der Waals surface area contributed by atoms with Crippen LogP contribution < -0.4 is 4.90 Å². The molecule has 0 atom stereocenters. The summed E-state index contributed by atoms with van der Waals surface area (Å²) in [7, 11) is 0. The van der Waals surface area contributed by atoms with Gasteiger partial charge in [-0.25, -0.2) is 9.98 Å². The van der Waals surface area contributed by atoms with Crippen LogP contribution in [-0.2, 0) is 0 Å². The Balaban J connectivity index is 2.23. The van der Waals surface area contributed by atoms with E-state index in [4.69, 9.17) is 0 Å². The summed E-state index contributed by atoms with van der Waals surface area (Å²) in [5.41, 5.74) is 0. The van der Waals surface area contributed by atoms with Crippen molar-refractivity contribution in [2.24, 2.45) is 9.98 Å². The van der Waals surface area contributed by atoms with Crippen LogP contribution in [0.15, 0.2) is 34.4 Å².